The van der Waals surface area contributed by atoms with E-state index in [1.54, 1.807) is 14.0 Å². The van der Waals surface area contributed by atoms with Gasteiger partial charge < -0.3 is 14.8 Å². The second kappa shape index (κ2) is 6.61. The van der Waals surface area contributed by atoms with Gasteiger partial charge >= 0.3 is 5.97 Å². The predicted octanol–water partition coefficient (Wildman–Crippen LogP) is 2.11. The van der Waals surface area contributed by atoms with Crippen molar-refractivity contribution in [3.63, 3.8) is 0 Å². The number of carbonyl (C=O) groups is 1. The molecule has 0 saturated heterocycles. The van der Waals surface area contributed by atoms with Crippen molar-refractivity contribution < 1.29 is 14.3 Å². The lowest BCUT2D eigenvalue weighted by atomic mass is 10.2. The van der Waals surface area contributed by atoms with Crippen LogP contribution in [0.5, 0.6) is 5.75 Å². The second-order valence-corrected chi connectivity index (χ2v) is 4.44. The van der Waals surface area contributed by atoms with Gasteiger partial charge in [-0.1, -0.05) is 22.0 Å². The molecule has 0 fully saturated rings. The van der Waals surface area contributed by atoms with Gasteiger partial charge in [-0.2, -0.15) is 0 Å². The van der Waals surface area contributed by atoms with Gasteiger partial charge in [-0.05, 0) is 24.6 Å². The number of hydrogen-bond acceptors (Lipinski definition) is 4. The molecule has 0 saturated carbocycles. The monoisotopic (exact) mass is 301 g/mol. The predicted molar refractivity (Wildman–Crippen MR) is 69.0 cm³/mol. The number of esters is 1. The van der Waals surface area contributed by atoms with Crippen molar-refractivity contribution in [3.05, 3.63) is 28.2 Å². The van der Waals surface area contributed by atoms with Gasteiger partial charge in [0.15, 0.2) is 0 Å². The number of nitrogens with one attached hydrogen (secondary N) is 1. The van der Waals surface area contributed by atoms with Crippen LogP contribution in [-0.2, 0) is 16.1 Å². The van der Waals surface area contributed by atoms with E-state index in [0.717, 1.165) is 15.8 Å². The van der Waals surface area contributed by atoms with E-state index >= 15 is 0 Å². The topological polar surface area (TPSA) is 47.6 Å². The van der Waals surface area contributed by atoms with E-state index in [-0.39, 0.29) is 12.0 Å². The third-order valence-corrected chi connectivity index (χ3v) is 3.15. The molecule has 0 radical (unpaired) electrons. The Balaban J connectivity index is 2.60. The summed E-state index contributed by atoms with van der Waals surface area (Å²) in [6.45, 7) is 2.35. The van der Waals surface area contributed by atoms with Gasteiger partial charge in [0.05, 0.1) is 14.2 Å². The molecule has 4 nitrogen and oxygen atoms in total. The highest BCUT2D eigenvalue weighted by molar-refractivity contribution is 9.10. The molecule has 1 aromatic carbocycles. The van der Waals surface area contributed by atoms with E-state index in [9.17, 15) is 4.79 Å². The van der Waals surface area contributed by atoms with E-state index < -0.39 is 0 Å². The molecule has 0 aliphatic carbocycles. The molecule has 17 heavy (non-hydrogen) atoms. The molecule has 0 amide bonds. The Hall–Kier alpha value is -1.07. The summed E-state index contributed by atoms with van der Waals surface area (Å²) in [5.41, 5.74) is 1.06. The van der Waals surface area contributed by atoms with Crippen molar-refractivity contribution in [2.24, 2.45) is 0 Å². The first-order valence-corrected chi connectivity index (χ1v) is 6.01. The smallest absolute Gasteiger partial charge is 0.322 e. The quantitative estimate of drug-likeness (QED) is 0.846. The molecule has 0 aliphatic rings. The molecule has 1 atom stereocenters. The molecular formula is C12H16BrNO3. The van der Waals surface area contributed by atoms with Crippen LogP contribution in [0.2, 0.25) is 0 Å². The van der Waals surface area contributed by atoms with E-state index in [4.69, 9.17) is 4.74 Å². The summed E-state index contributed by atoms with van der Waals surface area (Å²) in [7, 11) is 3.00. The van der Waals surface area contributed by atoms with Crippen LogP contribution in [0.3, 0.4) is 0 Å². The molecular weight excluding hydrogens is 286 g/mol. The van der Waals surface area contributed by atoms with Crippen molar-refractivity contribution in [2.45, 2.75) is 19.5 Å². The molecule has 0 spiro atoms. The zero-order chi connectivity index (χ0) is 12.8. The van der Waals surface area contributed by atoms with Crippen molar-refractivity contribution >= 4 is 21.9 Å². The van der Waals surface area contributed by atoms with Gasteiger partial charge in [0.25, 0.3) is 0 Å². The molecule has 0 heterocycles. The third kappa shape index (κ3) is 4.02. The average Bonchev–Trinajstić information content (AvgIpc) is 2.35. The first kappa shape index (κ1) is 14.0. The summed E-state index contributed by atoms with van der Waals surface area (Å²) >= 11 is 3.46. The van der Waals surface area contributed by atoms with Gasteiger partial charge in [0.2, 0.25) is 0 Å². The average molecular weight is 302 g/mol. The molecule has 5 heteroatoms. The van der Waals surface area contributed by atoms with Crippen LogP contribution in [-0.4, -0.2) is 26.2 Å². The number of halogens is 1. The number of ether oxygens (including phenoxy) is 2. The lowest BCUT2D eigenvalue weighted by Gasteiger charge is -2.12. The van der Waals surface area contributed by atoms with Crippen molar-refractivity contribution in [1.82, 2.24) is 5.32 Å². The Morgan fingerprint density at radius 3 is 2.71 bits per heavy atom. The van der Waals surface area contributed by atoms with Crippen LogP contribution in [0.4, 0.5) is 0 Å². The maximum absolute atomic E-state index is 11.2. The van der Waals surface area contributed by atoms with Crippen molar-refractivity contribution in [3.8, 4) is 5.75 Å². The van der Waals surface area contributed by atoms with Crippen LogP contribution in [0.1, 0.15) is 12.5 Å². The largest absolute Gasteiger partial charge is 0.497 e. The number of rotatable bonds is 5. The maximum Gasteiger partial charge on any atom is 0.322 e. The number of methoxy groups -OCH3 is 2. The highest BCUT2D eigenvalue weighted by Gasteiger charge is 2.12. The van der Waals surface area contributed by atoms with Crippen LogP contribution >= 0.6 is 15.9 Å². The van der Waals surface area contributed by atoms with E-state index in [0.29, 0.717) is 6.54 Å². The minimum absolute atomic E-state index is 0.269. The molecule has 1 N–H and O–H groups in total. The van der Waals surface area contributed by atoms with E-state index in [2.05, 4.69) is 26.0 Å². The lowest BCUT2D eigenvalue weighted by Crippen LogP contribution is -2.34. The first-order chi connectivity index (χ1) is 8.08. The number of carbonyl (C=O) groups excluding carboxylic acids is 1. The summed E-state index contributed by atoms with van der Waals surface area (Å²) in [5.74, 6) is 0.524. The lowest BCUT2D eigenvalue weighted by molar-refractivity contribution is -0.142. The maximum atomic E-state index is 11.2. The summed E-state index contributed by atoms with van der Waals surface area (Å²) in [4.78, 5) is 11.2. The van der Waals surface area contributed by atoms with Crippen LogP contribution in [0, 0.1) is 0 Å². The molecule has 0 aliphatic heterocycles. The van der Waals surface area contributed by atoms with Crippen LogP contribution in [0.15, 0.2) is 22.7 Å². The fraction of sp³-hybridized carbons (Fsp3) is 0.417. The minimum Gasteiger partial charge on any atom is -0.497 e. The zero-order valence-corrected chi connectivity index (χ0v) is 11.7. The van der Waals surface area contributed by atoms with Gasteiger partial charge in [-0.25, -0.2) is 0 Å². The van der Waals surface area contributed by atoms with Gasteiger partial charge in [0.1, 0.15) is 11.8 Å². The molecule has 1 aromatic rings. The standard InChI is InChI=1S/C12H16BrNO3/c1-8(12(15)17-3)14-7-9-4-5-10(16-2)6-11(9)13/h4-6,8,14H,7H2,1-3H3/t8-/m1/s1. The number of hydrogen-bond donors (Lipinski definition) is 1. The Labute approximate surface area is 109 Å². The highest BCUT2D eigenvalue weighted by Crippen LogP contribution is 2.22. The summed E-state index contributed by atoms with van der Waals surface area (Å²) in [5, 5.41) is 3.08. The van der Waals surface area contributed by atoms with Crippen LogP contribution in [0.25, 0.3) is 0 Å². The summed E-state index contributed by atoms with van der Waals surface area (Å²) in [6.07, 6.45) is 0. The Bertz CT molecular complexity index is 395. The Morgan fingerprint density at radius 1 is 1.47 bits per heavy atom. The molecule has 0 aromatic heterocycles. The Kier molecular flexibility index (Phi) is 5.44. The molecule has 94 valence electrons. The molecule has 0 unspecified atom stereocenters. The normalized spacial score (nSPS) is 12.0. The molecule has 0 bridgehead atoms. The van der Waals surface area contributed by atoms with Crippen molar-refractivity contribution in [2.75, 3.05) is 14.2 Å². The fourth-order valence-corrected chi connectivity index (χ4v) is 1.82. The van der Waals surface area contributed by atoms with Gasteiger partial charge in [-0.3, -0.25) is 4.79 Å². The van der Waals surface area contributed by atoms with Crippen molar-refractivity contribution in [1.29, 1.82) is 0 Å². The second-order valence-electron chi connectivity index (χ2n) is 3.58. The van der Waals surface area contributed by atoms with E-state index in [1.807, 2.05) is 18.2 Å². The summed E-state index contributed by atoms with van der Waals surface area (Å²) in [6, 6.07) is 5.39. The fourth-order valence-electron chi connectivity index (χ4n) is 1.32. The van der Waals surface area contributed by atoms with Gasteiger partial charge in [0, 0.05) is 11.0 Å². The number of benzene rings is 1. The SMILES string of the molecule is COC(=O)[C@@H](C)NCc1ccc(OC)cc1Br. The zero-order valence-electron chi connectivity index (χ0n) is 10.1. The van der Waals surface area contributed by atoms with Gasteiger partial charge in [-0.15, -0.1) is 0 Å². The minimum atomic E-state index is -0.325. The summed E-state index contributed by atoms with van der Waals surface area (Å²) < 4.78 is 10.7. The van der Waals surface area contributed by atoms with Crippen LogP contribution < -0.4 is 10.1 Å². The first-order valence-electron chi connectivity index (χ1n) is 5.22. The van der Waals surface area contributed by atoms with E-state index in [1.165, 1.54) is 7.11 Å². The molecule has 1 rings (SSSR count). The Morgan fingerprint density at radius 2 is 2.18 bits per heavy atom. The third-order valence-electron chi connectivity index (χ3n) is 2.41. The highest BCUT2D eigenvalue weighted by atomic mass is 79.9.